The SMILES string of the molecule is CCCC(CBr)Cn1nc2cnccn2c1=O. The van der Waals surface area contributed by atoms with Crippen LogP contribution in [0.3, 0.4) is 0 Å². The van der Waals surface area contributed by atoms with Crippen LogP contribution in [-0.4, -0.2) is 24.5 Å². The van der Waals surface area contributed by atoms with Crippen LogP contribution in [0.1, 0.15) is 19.8 Å². The van der Waals surface area contributed by atoms with Crippen molar-refractivity contribution in [3.05, 3.63) is 29.1 Å². The van der Waals surface area contributed by atoms with E-state index in [1.54, 1.807) is 18.6 Å². The summed E-state index contributed by atoms with van der Waals surface area (Å²) in [4.78, 5) is 16.0. The van der Waals surface area contributed by atoms with Crippen molar-refractivity contribution in [3.8, 4) is 0 Å². The normalized spacial score (nSPS) is 13.1. The predicted octanol–water partition coefficient (Wildman–Crippen LogP) is 1.70. The van der Waals surface area contributed by atoms with E-state index in [2.05, 4.69) is 32.9 Å². The lowest BCUT2D eigenvalue weighted by molar-refractivity contribution is 0.420. The van der Waals surface area contributed by atoms with E-state index in [0.29, 0.717) is 18.1 Å². The number of rotatable bonds is 5. The van der Waals surface area contributed by atoms with Crippen LogP contribution in [0.2, 0.25) is 0 Å². The molecule has 0 amide bonds. The molecule has 2 heterocycles. The Labute approximate surface area is 108 Å². The summed E-state index contributed by atoms with van der Waals surface area (Å²) in [5.74, 6) is 0.440. The zero-order chi connectivity index (χ0) is 12.3. The van der Waals surface area contributed by atoms with Crippen molar-refractivity contribution >= 4 is 21.6 Å². The molecule has 92 valence electrons. The van der Waals surface area contributed by atoms with Crippen LogP contribution in [0.5, 0.6) is 0 Å². The summed E-state index contributed by atoms with van der Waals surface area (Å²) >= 11 is 3.48. The van der Waals surface area contributed by atoms with Crippen LogP contribution in [0, 0.1) is 5.92 Å². The molecule has 0 aliphatic rings. The van der Waals surface area contributed by atoms with Crippen molar-refractivity contribution in [2.75, 3.05) is 5.33 Å². The van der Waals surface area contributed by atoms with Gasteiger partial charge in [-0.05, 0) is 12.3 Å². The fourth-order valence-electron chi connectivity index (χ4n) is 1.87. The number of hydrogen-bond acceptors (Lipinski definition) is 3. The maximum absolute atomic E-state index is 12.0. The first-order valence-corrected chi connectivity index (χ1v) is 6.83. The molecule has 0 aromatic carbocycles. The molecule has 1 unspecified atom stereocenters. The zero-order valence-corrected chi connectivity index (χ0v) is 11.3. The minimum Gasteiger partial charge on any atom is -0.259 e. The van der Waals surface area contributed by atoms with Crippen molar-refractivity contribution in [2.45, 2.75) is 26.3 Å². The monoisotopic (exact) mass is 298 g/mol. The molecular formula is C11H15BrN4O. The standard InChI is InChI=1S/C11H15BrN4O/c1-2-3-9(6-12)8-16-11(17)15-5-4-13-7-10(15)14-16/h4-5,7,9H,2-3,6,8H2,1H3. The second kappa shape index (κ2) is 5.44. The Morgan fingerprint density at radius 3 is 3.00 bits per heavy atom. The van der Waals surface area contributed by atoms with Gasteiger partial charge in [-0.15, -0.1) is 5.10 Å². The summed E-state index contributed by atoms with van der Waals surface area (Å²) in [6, 6.07) is 0. The Morgan fingerprint density at radius 1 is 1.53 bits per heavy atom. The average Bonchev–Trinajstić information content (AvgIpc) is 2.66. The van der Waals surface area contributed by atoms with Crippen molar-refractivity contribution in [1.29, 1.82) is 0 Å². The van der Waals surface area contributed by atoms with E-state index in [1.165, 1.54) is 9.08 Å². The topological polar surface area (TPSA) is 52.2 Å². The molecule has 0 aliphatic carbocycles. The van der Waals surface area contributed by atoms with E-state index in [-0.39, 0.29) is 5.69 Å². The highest BCUT2D eigenvalue weighted by Gasteiger charge is 2.12. The molecule has 0 saturated heterocycles. The molecule has 0 aliphatic heterocycles. The zero-order valence-electron chi connectivity index (χ0n) is 9.71. The Balaban J connectivity index is 2.29. The van der Waals surface area contributed by atoms with Gasteiger partial charge in [-0.25, -0.2) is 13.9 Å². The van der Waals surface area contributed by atoms with Crippen molar-refractivity contribution in [2.24, 2.45) is 5.92 Å². The largest absolute Gasteiger partial charge is 0.350 e. The Bertz CT molecular complexity index is 548. The highest BCUT2D eigenvalue weighted by atomic mass is 79.9. The summed E-state index contributed by atoms with van der Waals surface area (Å²) in [7, 11) is 0. The summed E-state index contributed by atoms with van der Waals surface area (Å²) in [6.45, 7) is 2.80. The molecule has 5 nitrogen and oxygen atoms in total. The number of alkyl halides is 1. The minimum atomic E-state index is -0.0931. The van der Waals surface area contributed by atoms with Crippen LogP contribution < -0.4 is 5.69 Å². The van der Waals surface area contributed by atoms with Gasteiger partial charge in [0, 0.05) is 17.7 Å². The Hall–Kier alpha value is -1.17. The number of aromatic nitrogens is 4. The second-order valence-corrected chi connectivity index (χ2v) is 4.73. The molecule has 0 spiro atoms. The molecule has 0 bridgehead atoms. The van der Waals surface area contributed by atoms with Gasteiger partial charge >= 0.3 is 5.69 Å². The van der Waals surface area contributed by atoms with Gasteiger partial charge in [-0.1, -0.05) is 29.3 Å². The van der Waals surface area contributed by atoms with Gasteiger partial charge < -0.3 is 0 Å². The fraction of sp³-hybridized carbons (Fsp3) is 0.545. The van der Waals surface area contributed by atoms with Crippen LogP contribution in [-0.2, 0) is 6.54 Å². The Morgan fingerprint density at radius 2 is 2.35 bits per heavy atom. The van der Waals surface area contributed by atoms with E-state index in [1.807, 2.05) is 0 Å². The lowest BCUT2D eigenvalue weighted by Gasteiger charge is -2.11. The molecule has 0 radical (unpaired) electrons. The van der Waals surface area contributed by atoms with Crippen LogP contribution in [0.4, 0.5) is 0 Å². The van der Waals surface area contributed by atoms with Gasteiger partial charge in [0.2, 0.25) is 0 Å². The van der Waals surface area contributed by atoms with E-state index >= 15 is 0 Å². The van der Waals surface area contributed by atoms with E-state index in [4.69, 9.17) is 0 Å². The quantitative estimate of drug-likeness (QED) is 0.790. The van der Waals surface area contributed by atoms with Crippen molar-refractivity contribution < 1.29 is 0 Å². The third-order valence-corrected chi connectivity index (χ3v) is 3.65. The first-order chi connectivity index (χ1) is 8.26. The molecule has 6 heteroatoms. The lowest BCUT2D eigenvalue weighted by atomic mass is 10.1. The van der Waals surface area contributed by atoms with Crippen molar-refractivity contribution in [1.82, 2.24) is 19.2 Å². The van der Waals surface area contributed by atoms with Gasteiger partial charge in [-0.2, -0.15) is 0 Å². The summed E-state index contributed by atoms with van der Waals surface area (Å²) in [5.41, 5.74) is 0.506. The molecule has 2 aromatic heterocycles. The number of hydrogen-bond donors (Lipinski definition) is 0. The fourth-order valence-corrected chi connectivity index (χ4v) is 2.40. The van der Waals surface area contributed by atoms with Crippen molar-refractivity contribution in [3.63, 3.8) is 0 Å². The molecule has 1 atom stereocenters. The van der Waals surface area contributed by atoms with E-state index in [0.717, 1.165) is 18.2 Å². The van der Waals surface area contributed by atoms with Crippen LogP contribution in [0.15, 0.2) is 23.4 Å². The van der Waals surface area contributed by atoms with Gasteiger partial charge in [0.25, 0.3) is 0 Å². The molecule has 2 rings (SSSR count). The number of fused-ring (bicyclic) bond motifs is 1. The van der Waals surface area contributed by atoms with E-state index in [9.17, 15) is 4.79 Å². The third kappa shape index (κ3) is 2.57. The molecule has 0 N–H and O–H groups in total. The number of nitrogens with zero attached hydrogens (tertiary/aromatic N) is 4. The van der Waals surface area contributed by atoms with E-state index < -0.39 is 0 Å². The summed E-state index contributed by atoms with van der Waals surface area (Å²) in [6.07, 6.45) is 7.03. The van der Waals surface area contributed by atoms with Crippen LogP contribution in [0.25, 0.3) is 5.65 Å². The van der Waals surface area contributed by atoms with Gasteiger partial charge in [-0.3, -0.25) is 4.98 Å². The maximum atomic E-state index is 12.0. The second-order valence-electron chi connectivity index (χ2n) is 4.08. The Kier molecular flexibility index (Phi) is 3.93. The highest BCUT2D eigenvalue weighted by molar-refractivity contribution is 9.09. The molecule has 0 fully saturated rings. The van der Waals surface area contributed by atoms with Gasteiger partial charge in [0.1, 0.15) is 0 Å². The molecular weight excluding hydrogens is 284 g/mol. The molecule has 0 saturated carbocycles. The minimum absolute atomic E-state index is 0.0931. The molecule has 17 heavy (non-hydrogen) atoms. The summed E-state index contributed by atoms with van der Waals surface area (Å²) < 4.78 is 3.04. The summed E-state index contributed by atoms with van der Waals surface area (Å²) in [5, 5.41) is 5.15. The first kappa shape index (κ1) is 12.3. The maximum Gasteiger partial charge on any atom is 0.350 e. The third-order valence-electron chi connectivity index (χ3n) is 2.73. The molecule has 2 aromatic rings. The van der Waals surface area contributed by atoms with Gasteiger partial charge in [0.15, 0.2) is 5.65 Å². The van der Waals surface area contributed by atoms with Crippen LogP contribution >= 0.6 is 15.9 Å². The smallest absolute Gasteiger partial charge is 0.259 e. The highest BCUT2D eigenvalue weighted by Crippen LogP contribution is 2.11. The lowest BCUT2D eigenvalue weighted by Crippen LogP contribution is -2.25. The van der Waals surface area contributed by atoms with Gasteiger partial charge in [0.05, 0.1) is 12.7 Å². The number of halogens is 1. The first-order valence-electron chi connectivity index (χ1n) is 5.71. The predicted molar refractivity (Wildman–Crippen MR) is 69.4 cm³/mol. The average molecular weight is 299 g/mol.